The third kappa shape index (κ3) is 2.37. The molecule has 11 heavy (non-hydrogen) atoms. The molecule has 1 aliphatic rings. The van der Waals surface area contributed by atoms with Crippen molar-refractivity contribution in [2.75, 3.05) is 0 Å². The molecule has 0 aromatic rings. The highest BCUT2D eigenvalue weighted by Gasteiger charge is 2.21. The molecule has 1 heteroatoms. The Morgan fingerprint density at radius 3 is 2.91 bits per heavy atom. The molecule has 0 saturated heterocycles. The van der Waals surface area contributed by atoms with Gasteiger partial charge in [0.1, 0.15) is 0 Å². The lowest BCUT2D eigenvalue weighted by atomic mass is 9.84. The number of halogens is 1. The number of hydrogen-bond donors (Lipinski definition) is 0. The van der Waals surface area contributed by atoms with Crippen LogP contribution in [0.25, 0.3) is 0 Å². The lowest BCUT2D eigenvalue weighted by Gasteiger charge is -2.26. The average molecular weight is 171 g/mol. The molecule has 0 heterocycles. The lowest BCUT2D eigenvalue weighted by molar-refractivity contribution is 0.418. The lowest BCUT2D eigenvalue weighted by Crippen LogP contribution is -2.16. The monoisotopic (exact) mass is 170 g/mol. The van der Waals surface area contributed by atoms with E-state index in [-0.39, 0.29) is 5.38 Å². The van der Waals surface area contributed by atoms with Crippen LogP contribution in [0.2, 0.25) is 0 Å². The number of alkyl halides is 1. The quantitative estimate of drug-likeness (QED) is 0.440. The normalized spacial score (nSPS) is 31.9. The Morgan fingerprint density at radius 1 is 1.64 bits per heavy atom. The molecular weight excluding hydrogens is 156 g/mol. The van der Waals surface area contributed by atoms with Crippen LogP contribution in [0.1, 0.15) is 25.7 Å². The van der Waals surface area contributed by atoms with Gasteiger partial charge in [0.25, 0.3) is 0 Å². The molecule has 1 aliphatic carbocycles. The zero-order chi connectivity index (χ0) is 8.27. The molecule has 0 radical (unpaired) electrons. The van der Waals surface area contributed by atoms with Gasteiger partial charge in [-0.2, -0.15) is 0 Å². The minimum atomic E-state index is 0.216. The van der Waals surface area contributed by atoms with E-state index in [1.165, 1.54) is 12.0 Å². The van der Waals surface area contributed by atoms with Gasteiger partial charge in [0, 0.05) is 0 Å². The molecule has 0 aromatic heterocycles. The van der Waals surface area contributed by atoms with Gasteiger partial charge in [0.2, 0.25) is 0 Å². The maximum Gasteiger partial charge on any atom is 0.0545 e. The van der Waals surface area contributed by atoms with Crippen molar-refractivity contribution < 1.29 is 0 Å². The largest absolute Gasteiger partial charge is 0.118 e. The number of rotatable bonds is 2. The topological polar surface area (TPSA) is 0 Å². The Kier molecular flexibility index (Phi) is 3.19. The third-order valence-corrected chi connectivity index (χ3v) is 2.84. The molecule has 1 saturated carbocycles. The molecule has 0 amide bonds. The first-order chi connectivity index (χ1) is 5.24. The van der Waals surface area contributed by atoms with Crippen molar-refractivity contribution in [2.24, 2.45) is 5.92 Å². The summed E-state index contributed by atoms with van der Waals surface area (Å²) in [6, 6.07) is 0. The molecule has 0 spiro atoms. The zero-order valence-corrected chi connectivity index (χ0v) is 7.61. The molecule has 1 rings (SSSR count). The first kappa shape index (κ1) is 8.86. The van der Waals surface area contributed by atoms with Crippen molar-refractivity contribution in [3.8, 4) is 0 Å². The molecule has 0 nitrogen and oxygen atoms in total. The SMILES string of the molecule is C=CCC1CCC(=C)C(Cl)C1. The summed E-state index contributed by atoms with van der Waals surface area (Å²) in [6.45, 7) is 7.67. The molecule has 0 N–H and O–H groups in total. The molecule has 62 valence electrons. The van der Waals surface area contributed by atoms with Gasteiger partial charge in [-0.15, -0.1) is 18.2 Å². The van der Waals surface area contributed by atoms with Crippen LogP contribution < -0.4 is 0 Å². The van der Waals surface area contributed by atoms with Gasteiger partial charge >= 0.3 is 0 Å². The van der Waals surface area contributed by atoms with Crippen molar-refractivity contribution >= 4 is 11.6 Å². The molecule has 1 fully saturated rings. The summed E-state index contributed by atoms with van der Waals surface area (Å²) in [7, 11) is 0. The van der Waals surface area contributed by atoms with Crippen LogP contribution in [0, 0.1) is 5.92 Å². The third-order valence-electron chi connectivity index (χ3n) is 2.36. The first-order valence-electron chi connectivity index (χ1n) is 4.16. The summed E-state index contributed by atoms with van der Waals surface area (Å²) in [6.07, 6.45) is 6.53. The van der Waals surface area contributed by atoms with Crippen LogP contribution in [-0.4, -0.2) is 5.38 Å². The van der Waals surface area contributed by atoms with Crippen LogP contribution in [0.5, 0.6) is 0 Å². The van der Waals surface area contributed by atoms with E-state index in [1.807, 2.05) is 6.08 Å². The van der Waals surface area contributed by atoms with Gasteiger partial charge in [-0.3, -0.25) is 0 Å². The predicted molar refractivity (Wildman–Crippen MR) is 50.9 cm³/mol. The Morgan fingerprint density at radius 2 is 2.36 bits per heavy atom. The van der Waals surface area contributed by atoms with Crippen molar-refractivity contribution in [3.63, 3.8) is 0 Å². The zero-order valence-electron chi connectivity index (χ0n) is 6.85. The smallest absolute Gasteiger partial charge is 0.0545 e. The van der Waals surface area contributed by atoms with Gasteiger partial charge in [-0.05, 0) is 31.6 Å². The molecule has 2 atom stereocenters. The highest BCUT2D eigenvalue weighted by molar-refractivity contribution is 6.22. The fourth-order valence-electron chi connectivity index (χ4n) is 1.57. The molecule has 2 unspecified atom stereocenters. The second kappa shape index (κ2) is 3.96. The Balaban J connectivity index is 2.39. The van der Waals surface area contributed by atoms with Crippen molar-refractivity contribution in [3.05, 3.63) is 24.8 Å². The van der Waals surface area contributed by atoms with Crippen molar-refractivity contribution in [2.45, 2.75) is 31.1 Å². The standard InChI is InChI=1S/C10H15Cl/c1-3-4-9-6-5-8(2)10(11)7-9/h3,9-10H,1-2,4-7H2. The van der Waals surface area contributed by atoms with E-state index >= 15 is 0 Å². The summed E-state index contributed by atoms with van der Waals surface area (Å²) in [4.78, 5) is 0. The van der Waals surface area contributed by atoms with Gasteiger partial charge < -0.3 is 0 Å². The highest BCUT2D eigenvalue weighted by Crippen LogP contribution is 2.32. The second-order valence-corrected chi connectivity index (χ2v) is 3.82. The summed E-state index contributed by atoms with van der Waals surface area (Å²) >= 11 is 6.06. The minimum Gasteiger partial charge on any atom is -0.118 e. The molecule has 0 bridgehead atoms. The van der Waals surface area contributed by atoms with Gasteiger partial charge in [0.15, 0.2) is 0 Å². The van der Waals surface area contributed by atoms with Crippen LogP contribution in [0.15, 0.2) is 24.8 Å². The van der Waals surface area contributed by atoms with Crippen LogP contribution in [0.4, 0.5) is 0 Å². The van der Waals surface area contributed by atoms with Crippen LogP contribution in [0.3, 0.4) is 0 Å². The van der Waals surface area contributed by atoms with Gasteiger partial charge in [-0.25, -0.2) is 0 Å². The summed E-state index contributed by atoms with van der Waals surface area (Å²) in [5.74, 6) is 0.750. The summed E-state index contributed by atoms with van der Waals surface area (Å²) in [5.41, 5.74) is 1.21. The summed E-state index contributed by atoms with van der Waals surface area (Å²) in [5, 5.41) is 0.216. The van der Waals surface area contributed by atoms with E-state index in [2.05, 4.69) is 13.2 Å². The second-order valence-electron chi connectivity index (χ2n) is 3.29. The fourth-order valence-corrected chi connectivity index (χ4v) is 1.93. The van der Waals surface area contributed by atoms with E-state index < -0.39 is 0 Å². The number of allylic oxidation sites excluding steroid dienone is 2. The predicted octanol–water partition coefficient (Wildman–Crippen LogP) is 3.53. The van der Waals surface area contributed by atoms with Crippen LogP contribution in [-0.2, 0) is 0 Å². The van der Waals surface area contributed by atoms with E-state index in [0.29, 0.717) is 0 Å². The Hall–Kier alpha value is -0.230. The van der Waals surface area contributed by atoms with Crippen molar-refractivity contribution in [1.82, 2.24) is 0 Å². The van der Waals surface area contributed by atoms with E-state index in [1.54, 1.807) is 0 Å². The van der Waals surface area contributed by atoms with E-state index in [4.69, 9.17) is 11.6 Å². The molecule has 0 aromatic carbocycles. The highest BCUT2D eigenvalue weighted by atomic mass is 35.5. The van der Waals surface area contributed by atoms with E-state index in [0.717, 1.165) is 25.2 Å². The van der Waals surface area contributed by atoms with Gasteiger partial charge in [0.05, 0.1) is 5.38 Å². The fraction of sp³-hybridized carbons (Fsp3) is 0.600. The van der Waals surface area contributed by atoms with Crippen LogP contribution >= 0.6 is 11.6 Å². The average Bonchev–Trinajstić information content (AvgIpc) is 1.98. The Labute approximate surface area is 73.9 Å². The number of hydrogen-bond acceptors (Lipinski definition) is 0. The maximum atomic E-state index is 6.06. The first-order valence-corrected chi connectivity index (χ1v) is 4.60. The Bertz CT molecular complexity index is 160. The molecule has 0 aliphatic heterocycles. The summed E-state index contributed by atoms with van der Waals surface area (Å²) < 4.78 is 0. The van der Waals surface area contributed by atoms with Crippen molar-refractivity contribution in [1.29, 1.82) is 0 Å². The van der Waals surface area contributed by atoms with Gasteiger partial charge in [-0.1, -0.05) is 18.2 Å². The van der Waals surface area contributed by atoms with E-state index in [9.17, 15) is 0 Å². The maximum absolute atomic E-state index is 6.06. The minimum absolute atomic E-state index is 0.216. The molecular formula is C10H15Cl.